The molecule has 15 heavy (non-hydrogen) atoms. The lowest BCUT2D eigenvalue weighted by Crippen LogP contribution is -2.12. The van der Waals surface area contributed by atoms with Gasteiger partial charge in [-0.05, 0) is 0 Å². The van der Waals surface area contributed by atoms with Crippen molar-refractivity contribution in [3.63, 3.8) is 0 Å². The number of rotatable bonds is 3. The van der Waals surface area contributed by atoms with Gasteiger partial charge < -0.3 is 14.9 Å². The van der Waals surface area contributed by atoms with Crippen LogP contribution in [-0.2, 0) is 13.1 Å². The highest BCUT2D eigenvalue weighted by Crippen LogP contribution is 1.95. The van der Waals surface area contributed by atoms with Crippen LogP contribution in [-0.4, -0.2) is 14.1 Å². The first-order valence-corrected chi connectivity index (χ1v) is 4.67. The normalized spacial score (nSPS) is 10.4. The molecule has 2 aromatic heterocycles. The summed E-state index contributed by atoms with van der Waals surface area (Å²) in [6, 6.07) is 1.48. The zero-order chi connectivity index (χ0) is 10.7. The summed E-state index contributed by atoms with van der Waals surface area (Å²) < 4.78 is 3.85. The van der Waals surface area contributed by atoms with E-state index in [-0.39, 0.29) is 11.1 Å². The Kier molecular flexibility index (Phi) is 2.53. The Morgan fingerprint density at radius 2 is 2.07 bits per heavy atom. The van der Waals surface area contributed by atoms with Crippen LogP contribution in [0.4, 0.5) is 5.69 Å². The van der Waals surface area contributed by atoms with Crippen molar-refractivity contribution in [2.24, 2.45) is 0 Å². The predicted octanol–water partition coefficient (Wildman–Crippen LogP) is 0.327. The summed E-state index contributed by atoms with van der Waals surface area (Å²) in [6.07, 6.45) is 8.77. The minimum absolute atomic E-state index is 0.131. The zero-order valence-electron chi connectivity index (χ0n) is 8.21. The van der Waals surface area contributed by atoms with E-state index >= 15 is 0 Å². The molecule has 0 spiro atoms. The van der Waals surface area contributed by atoms with Gasteiger partial charge in [0.25, 0.3) is 0 Å². The van der Waals surface area contributed by atoms with Gasteiger partial charge in [-0.25, -0.2) is 4.98 Å². The van der Waals surface area contributed by atoms with Crippen LogP contribution >= 0.6 is 0 Å². The first-order chi connectivity index (χ1) is 7.25. The van der Waals surface area contributed by atoms with Gasteiger partial charge in [-0.1, -0.05) is 0 Å². The fourth-order valence-electron chi connectivity index (χ4n) is 1.33. The first-order valence-electron chi connectivity index (χ1n) is 4.67. The molecule has 0 amide bonds. The van der Waals surface area contributed by atoms with Crippen LogP contribution < -0.4 is 11.2 Å². The lowest BCUT2D eigenvalue weighted by Gasteiger charge is -2.07. The van der Waals surface area contributed by atoms with E-state index in [1.54, 1.807) is 24.9 Å². The van der Waals surface area contributed by atoms with Crippen LogP contribution in [0.25, 0.3) is 0 Å². The molecule has 5 heteroatoms. The summed E-state index contributed by atoms with van der Waals surface area (Å²) in [5, 5.41) is 0. The summed E-state index contributed by atoms with van der Waals surface area (Å²) in [5.74, 6) is 0. The smallest absolute Gasteiger partial charge is 0.204 e. The topological polar surface area (TPSA) is 65.8 Å². The number of imidazole rings is 1. The van der Waals surface area contributed by atoms with Crippen molar-refractivity contribution < 1.29 is 0 Å². The van der Waals surface area contributed by atoms with Crippen molar-refractivity contribution in [3.8, 4) is 0 Å². The number of nitrogens with zero attached hydrogens (tertiary/aromatic N) is 3. The number of nitrogen functional groups attached to an aromatic ring is 1. The fraction of sp³-hybridized carbons (Fsp3) is 0.200. The molecule has 2 aromatic rings. The van der Waals surface area contributed by atoms with Crippen molar-refractivity contribution in [2.45, 2.75) is 13.1 Å². The third-order valence-electron chi connectivity index (χ3n) is 2.18. The highest BCUT2D eigenvalue weighted by atomic mass is 16.1. The molecule has 78 valence electrons. The fourth-order valence-corrected chi connectivity index (χ4v) is 1.33. The second-order valence-corrected chi connectivity index (χ2v) is 3.30. The minimum Gasteiger partial charge on any atom is -0.394 e. The second-order valence-electron chi connectivity index (χ2n) is 3.30. The molecule has 0 saturated carbocycles. The number of nitrogens with two attached hydrogens (primary N) is 1. The van der Waals surface area contributed by atoms with Crippen molar-refractivity contribution in [2.75, 3.05) is 5.73 Å². The molecule has 2 N–H and O–H groups in total. The summed E-state index contributed by atoms with van der Waals surface area (Å²) in [6.45, 7) is 1.57. The van der Waals surface area contributed by atoms with Gasteiger partial charge in [-0.2, -0.15) is 0 Å². The Bertz CT molecular complexity index is 486. The monoisotopic (exact) mass is 204 g/mol. The molecule has 0 unspecified atom stereocenters. The second kappa shape index (κ2) is 4.00. The molecule has 0 saturated heterocycles. The van der Waals surface area contributed by atoms with Gasteiger partial charge in [0, 0.05) is 43.9 Å². The van der Waals surface area contributed by atoms with E-state index in [1.165, 1.54) is 6.07 Å². The maximum atomic E-state index is 11.1. The summed E-state index contributed by atoms with van der Waals surface area (Å²) in [4.78, 5) is 15.0. The quantitative estimate of drug-likeness (QED) is 0.783. The van der Waals surface area contributed by atoms with Crippen LogP contribution in [0.2, 0.25) is 0 Å². The van der Waals surface area contributed by atoms with Gasteiger partial charge >= 0.3 is 0 Å². The molecule has 0 aliphatic heterocycles. The highest BCUT2D eigenvalue weighted by molar-refractivity contribution is 5.33. The van der Waals surface area contributed by atoms with Gasteiger partial charge in [0.05, 0.1) is 12.0 Å². The molecular weight excluding hydrogens is 192 g/mol. The van der Waals surface area contributed by atoms with Gasteiger partial charge in [0.2, 0.25) is 5.43 Å². The van der Waals surface area contributed by atoms with E-state index in [0.717, 1.165) is 13.1 Å². The van der Waals surface area contributed by atoms with Crippen molar-refractivity contribution >= 4 is 5.69 Å². The molecule has 0 aliphatic carbocycles. The van der Waals surface area contributed by atoms with Crippen LogP contribution in [0.5, 0.6) is 0 Å². The van der Waals surface area contributed by atoms with E-state index in [1.807, 2.05) is 15.3 Å². The van der Waals surface area contributed by atoms with Gasteiger partial charge in [0.1, 0.15) is 0 Å². The van der Waals surface area contributed by atoms with Gasteiger partial charge in [0.15, 0.2) is 0 Å². The minimum atomic E-state index is -0.131. The maximum absolute atomic E-state index is 11.1. The third kappa shape index (κ3) is 2.25. The first kappa shape index (κ1) is 9.51. The highest BCUT2D eigenvalue weighted by Gasteiger charge is 1.95. The van der Waals surface area contributed by atoms with Crippen molar-refractivity contribution in [3.05, 3.63) is 47.4 Å². The lowest BCUT2D eigenvalue weighted by atomic mass is 10.4. The standard InChI is InChI=1S/C10H12N4O/c11-9-7-13(3-1-10(9)15)5-6-14-4-2-12-8-14/h1-4,7-8H,5-6,11H2. The van der Waals surface area contributed by atoms with Gasteiger partial charge in [-0.15, -0.1) is 0 Å². The third-order valence-corrected chi connectivity index (χ3v) is 2.18. The number of hydrogen-bond donors (Lipinski definition) is 1. The Labute approximate surface area is 86.8 Å². The maximum Gasteiger partial charge on any atom is 0.204 e. The molecule has 2 heterocycles. The van der Waals surface area contributed by atoms with Crippen molar-refractivity contribution in [1.29, 1.82) is 0 Å². The zero-order valence-corrected chi connectivity index (χ0v) is 8.21. The number of anilines is 1. The summed E-state index contributed by atoms with van der Waals surface area (Å²) >= 11 is 0. The number of pyridine rings is 1. The van der Waals surface area contributed by atoms with Crippen LogP contribution in [0.1, 0.15) is 0 Å². The van der Waals surface area contributed by atoms with E-state index in [2.05, 4.69) is 4.98 Å². The molecule has 2 rings (SSSR count). The molecule has 0 aliphatic rings. The Balaban J connectivity index is 2.05. The van der Waals surface area contributed by atoms with E-state index in [9.17, 15) is 4.79 Å². The predicted molar refractivity (Wildman–Crippen MR) is 57.3 cm³/mol. The van der Waals surface area contributed by atoms with Crippen molar-refractivity contribution in [1.82, 2.24) is 14.1 Å². The van der Waals surface area contributed by atoms with Crippen LogP contribution in [0.3, 0.4) is 0 Å². The largest absolute Gasteiger partial charge is 0.394 e. The molecular formula is C10H12N4O. The molecule has 0 fully saturated rings. The SMILES string of the molecule is Nc1cn(CCn2ccnc2)ccc1=O. The average Bonchev–Trinajstić information content (AvgIpc) is 2.73. The molecule has 0 bridgehead atoms. The van der Waals surface area contributed by atoms with Crippen LogP contribution in [0, 0.1) is 0 Å². The molecule has 0 atom stereocenters. The van der Waals surface area contributed by atoms with E-state index < -0.39 is 0 Å². The number of aryl methyl sites for hydroxylation is 2. The molecule has 5 nitrogen and oxygen atoms in total. The summed E-state index contributed by atoms with van der Waals surface area (Å²) in [5.41, 5.74) is 5.67. The Morgan fingerprint density at radius 3 is 2.73 bits per heavy atom. The average molecular weight is 204 g/mol. The van der Waals surface area contributed by atoms with E-state index in [0.29, 0.717) is 0 Å². The Hall–Kier alpha value is -2.04. The summed E-state index contributed by atoms with van der Waals surface area (Å²) in [7, 11) is 0. The Morgan fingerprint density at radius 1 is 1.27 bits per heavy atom. The molecule has 0 radical (unpaired) electrons. The number of aromatic nitrogens is 3. The van der Waals surface area contributed by atoms with Crippen LogP contribution in [0.15, 0.2) is 42.0 Å². The lowest BCUT2D eigenvalue weighted by molar-refractivity contribution is 0.576. The van der Waals surface area contributed by atoms with Gasteiger partial charge in [-0.3, -0.25) is 4.79 Å². The van der Waals surface area contributed by atoms with E-state index in [4.69, 9.17) is 5.73 Å². The molecule has 0 aromatic carbocycles. The number of hydrogen-bond acceptors (Lipinski definition) is 3.